The van der Waals surface area contributed by atoms with Gasteiger partial charge in [-0.2, -0.15) is 0 Å². The number of hydrogen-bond donors (Lipinski definition) is 1. The molecule has 1 amide bonds. The van der Waals surface area contributed by atoms with E-state index in [1.54, 1.807) is 29.6 Å². The molecule has 0 unspecified atom stereocenters. The number of thiophene rings is 1. The van der Waals surface area contributed by atoms with Gasteiger partial charge in [0.1, 0.15) is 28.7 Å². The van der Waals surface area contributed by atoms with Gasteiger partial charge in [0.05, 0.1) is 17.9 Å². The lowest BCUT2D eigenvalue weighted by Gasteiger charge is -2.10. The number of hydrogen-bond acceptors (Lipinski definition) is 8. The summed E-state index contributed by atoms with van der Waals surface area (Å²) in [6.45, 7) is 2.69. The SMILES string of the molecule is CCn1c(COc2ccccc2Cl)nnc1SCC(=O)Nc1scc(-c2ccc(F)cc2)c1C(=O)OC. The number of methoxy groups -OCH3 is 1. The number of nitrogens with one attached hydrogen (secondary N) is 1. The van der Waals surface area contributed by atoms with Crippen molar-refractivity contribution in [1.29, 1.82) is 0 Å². The summed E-state index contributed by atoms with van der Waals surface area (Å²) in [6, 6.07) is 12.9. The van der Waals surface area contributed by atoms with E-state index in [-0.39, 0.29) is 29.6 Å². The molecule has 0 fully saturated rings. The number of anilines is 1. The van der Waals surface area contributed by atoms with Crippen LogP contribution in [0.2, 0.25) is 5.02 Å². The van der Waals surface area contributed by atoms with Crippen molar-refractivity contribution in [2.75, 3.05) is 18.2 Å². The largest absolute Gasteiger partial charge is 0.484 e. The first-order valence-electron chi connectivity index (χ1n) is 11.1. The first kappa shape index (κ1) is 26.6. The number of ether oxygens (including phenoxy) is 2. The van der Waals surface area contributed by atoms with E-state index in [1.165, 1.54) is 42.3 Å². The van der Waals surface area contributed by atoms with Gasteiger partial charge in [-0.1, -0.05) is 47.6 Å². The molecule has 2 aromatic carbocycles. The van der Waals surface area contributed by atoms with Crippen molar-refractivity contribution < 1.29 is 23.5 Å². The van der Waals surface area contributed by atoms with Crippen molar-refractivity contribution in [2.24, 2.45) is 0 Å². The van der Waals surface area contributed by atoms with Gasteiger partial charge < -0.3 is 19.4 Å². The number of carbonyl (C=O) groups is 2. The number of rotatable bonds is 10. The zero-order chi connectivity index (χ0) is 26.4. The lowest BCUT2D eigenvalue weighted by molar-refractivity contribution is -0.113. The molecule has 0 saturated carbocycles. The van der Waals surface area contributed by atoms with Crippen molar-refractivity contribution in [1.82, 2.24) is 14.8 Å². The van der Waals surface area contributed by atoms with Crippen LogP contribution >= 0.6 is 34.7 Å². The highest BCUT2D eigenvalue weighted by molar-refractivity contribution is 7.99. The highest BCUT2D eigenvalue weighted by Crippen LogP contribution is 2.36. The molecule has 0 radical (unpaired) electrons. The van der Waals surface area contributed by atoms with Gasteiger partial charge in [-0.3, -0.25) is 4.79 Å². The van der Waals surface area contributed by atoms with Crippen LogP contribution in [0.25, 0.3) is 11.1 Å². The number of amides is 1. The Morgan fingerprint density at radius 1 is 1.16 bits per heavy atom. The fourth-order valence-corrected chi connectivity index (χ4v) is 5.43. The lowest BCUT2D eigenvalue weighted by Crippen LogP contribution is -2.16. The van der Waals surface area contributed by atoms with Gasteiger partial charge in [-0.05, 0) is 36.8 Å². The normalized spacial score (nSPS) is 10.8. The third kappa shape index (κ3) is 6.30. The first-order chi connectivity index (χ1) is 17.9. The Morgan fingerprint density at radius 3 is 2.62 bits per heavy atom. The van der Waals surface area contributed by atoms with Crippen LogP contribution in [-0.2, 0) is 22.7 Å². The zero-order valence-electron chi connectivity index (χ0n) is 19.9. The number of benzene rings is 2. The highest BCUT2D eigenvalue weighted by atomic mass is 35.5. The second-order valence-corrected chi connectivity index (χ2v) is 9.78. The summed E-state index contributed by atoms with van der Waals surface area (Å²) in [6.07, 6.45) is 0. The molecule has 37 heavy (non-hydrogen) atoms. The van der Waals surface area contributed by atoms with Crippen molar-refractivity contribution in [3.05, 3.63) is 76.1 Å². The van der Waals surface area contributed by atoms with Crippen molar-refractivity contribution >= 4 is 51.6 Å². The number of nitrogens with zero attached hydrogens (tertiary/aromatic N) is 3. The van der Waals surface area contributed by atoms with Gasteiger partial charge in [0.2, 0.25) is 5.91 Å². The van der Waals surface area contributed by atoms with E-state index in [0.29, 0.717) is 44.4 Å². The second kappa shape index (κ2) is 12.2. The van der Waals surface area contributed by atoms with Crippen LogP contribution in [0.15, 0.2) is 59.1 Å². The Hall–Kier alpha value is -3.41. The Kier molecular flexibility index (Phi) is 8.80. The molecule has 0 bridgehead atoms. The Balaban J connectivity index is 1.43. The van der Waals surface area contributed by atoms with Gasteiger partial charge >= 0.3 is 5.97 Å². The minimum Gasteiger partial charge on any atom is -0.484 e. The lowest BCUT2D eigenvalue weighted by atomic mass is 10.0. The van der Waals surface area contributed by atoms with Crippen LogP contribution in [0.1, 0.15) is 23.1 Å². The third-order valence-electron chi connectivity index (χ3n) is 5.22. The molecule has 8 nitrogen and oxygen atoms in total. The van der Waals surface area contributed by atoms with Crippen LogP contribution in [0.5, 0.6) is 5.75 Å². The van der Waals surface area contributed by atoms with E-state index in [4.69, 9.17) is 21.1 Å². The molecule has 1 N–H and O–H groups in total. The summed E-state index contributed by atoms with van der Waals surface area (Å²) < 4.78 is 25.9. The number of esters is 1. The predicted molar refractivity (Wildman–Crippen MR) is 142 cm³/mol. The number of halogens is 2. The predicted octanol–water partition coefficient (Wildman–Crippen LogP) is 5.92. The molecule has 4 rings (SSSR count). The summed E-state index contributed by atoms with van der Waals surface area (Å²) >= 11 is 8.55. The molecule has 12 heteroatoms. The fraction of sp³-hybridized carbons (Fsp3) is 0.200. The molecule has 0 aliphatic rings. The van der Waals surface area contributed by atoms with Crippen LogP contribution in [-0.4, -0.2) is 39.5 Å². The van der Waals surface area contributed by atoms with E-state index >= 15 is 0 Å². The quantitative estimate of drug-likeness (QED) is 0.190. The van der Waals surface area contributed by atoms with Gasteiger partial charge in [0.15, 0.2) is 11.0 Å². The van der Waals surface area contributed by atoms with Crippen LogP contribution < -0.4 is 10.1 Å². The van der Waals surface area contributed by atoms with Crippen LogP contribution in [0.4, 0.5) is 9.39 Å². The smallest absolute Gasteiger partial charge is 0.341 e. The molecular formula is C25H22ClFN4O4S2. The summed E-state index contributed by atoms with van der Waals surface area (Å²) in [5, 5.41) is 14.3. The van der Waals surface area contributed by atoms with Gasteiger partial charge in [-0.25, -0.2) is 9.18 Å². The van der Waals surface area contributed by atoms with E-state index in [1.807, 2.05) is 23.6 Å². The third-order valence-corrected chi connectivity index (χ3v) is 7.40. The average Bonchev–Trinajstić information content (AvgIpc) is 3.50. The monoisotopic (exact) mass is 560 g/mol. The molecule has 4 aromatic rings. The maximum atomic E-state index is 13.4. The van der Waals surface area contributed by atoms with Crippen molar-refractivity contribution in [3.8, 4) is 16.9 Å². The number of aromatic nitrogens is 3. The highest BCUT2D eigenvalue weighted by Gasteiger charge is 2.23. The Morgan fingerprint density at radius 2 is 1.92 bits per heavy atom. The van der Waals surface area contributed by atoms with E-state index in [9.17, 15) is 14.0 Å². The van der Waals surface area contributed by atoms with E-state index in [2.05, 4.69) is 15.5 Å². The fourth-order valence-electron chi connectivity index (χ4n) is 3.44. The summed E-state index contributed by atoms with van der Waals surface area (Å²) in [5.41, 5.74) is 1.40. The maximum absolute atomic E-state index is 13.4. The standard InChI is InChI=1S/C25H22ClFN4O4S2/c1-3-31-20(12-35-19-7-5-4-6-18(19)26)29-30-25(31)37-14-21(32)28-23-22(24(33)34-2)17(13-36-23)15-8-10-16(27)11-9-15/h4-11,13H,3,12,14H2,1-2H3,(H,28,32). The first-order valence-corrected chi connectivity index (χ1v) is 13.3. The Bertz CT molecular complexity index is 1410. The summed E-state index contributed by atoms with van der Waals surface area (Å²) in [5.74, 6) is -0.142. The molecule has 0 saturated heterocycles. The molecule has 0 atom stereocenters. The van der Waals surface area contributed by atoms with E-state index in [0.717, 1.165) is 0 Å². The van der Waals surface area contributed by atoms with Gasteiger partial charge in [0.25, 0.3) is 0 Å². The molecule has 192 valence electrons. The zero-order valence-corrected chi connectivity index (χ0v) is 22.3. The van der Waals surface area contributed by atoms with Crippen LogP contribution in [0.3, 0.4) is 0 Å². The minimum absolute atomic E-state index is 0.0356. The van der Waals surface area contributed by atoms with Gasteiger partial charge in [-0.15, -0.1) is 21.5 Å². The molecule has 0 aliphatic carbocycles. The second-order valence-electron chi connectivity index (χ2n) is 7.55. The number of carbonyl (C=O) groups excluding carboxylic acids is 2. The Labute approximate surface area is 225 Å². The molecule has 0 aliphatic heterocycles. The molecule has 2 aromatic heterocycles. The van der Waals surface area contributed by atoms with E-state index < -0.39 is 5.97 Å². The van der Waals surface area contributed by atoms with Crippen molar-refractivity contribution in [2.45, 2.75) is 25.2 Å². The minimum atomic E-state index is -0.600. The topological polar surface area (TPSA) is 95.3 Å². The molecule has 0 spiro atoms. The molecule has 2 heterocycles. The van der Waals surface area contributed by atoms with Crippen molar-refractivity contribution in [3.63, 3.8) is 0 Å². The van der Waals surface area contributed by atoms with Crippen LogP contribution in [0, 0.1) is 5.82 Å². The summed E-state index contributed by atoms with van der Waals surface area (Å²) in [4.78, 5) is 25.3. The number of para-hydroxylation sites is 1. The summed E-state index contributed by atoms with van der Waals surface area (Å²) in [7, 11) is 1.26. The average molecular weight is 561 g/mol. The van der Waals surface area contributed by atoms with Gasteiger partial charge in [0, 0.05) is 17.5 Å². The number of thioether (sulfide) groups is 1. The maximum Gasteiger partial charge on any atom is 0.341 e. The molecular weight excluding hydrogens is 539 g/mol.